The standard InChI is InChI=1S/C12H12N6/c1-18-11(7-4-2-3-5-8(7)13)17-9-10(14)15-6-16-12(9)18/h2-6H,13H2,1H3,(H2,14,15,16). The number of nitrogens with two attached hydrogens (primary N) is 2. The Morgan fingerprint density at radius 1 is 1.11 bits per heavy atom. The minimum atomic E-state index is 0.372. The summed E-state index contributed by atoms with van der Waals surface area (Å²) in [5.74, 6) is 1.10. The maximum absolute atomic E-state index is 5.96. The van der Waals surface area contributed by atoms with Crippen molar-refractivity contribution < 1.29 is 0 Å². The van der Waals surface area contributed by atoms with E-state index in [0.717, 1.165) is 11.4 Å². The van der Waals surface area contributed by atoms with E-state index in [1.54, 1.807) is 0 Å². The highest BCUT2D eigenvalue weighted by Gasteiger charge is 2.14. The molecule has 3 rings (SSSR count). The van der Waals surface area contributed by atoms with E-state index in [1.807, 2.05) is 35.9 Å². The summed E-state index contributed by atoms with van der Waals surface area (Å²) in [5, 5.41) is 0. The normalized spacial score (nSPS) is 10.9. The van der Waals surface area contributed by atoms with Crippen molar-refractivity contribution in [1.29, 1.82) is 0 Å². The first kappa shape index (κ1) is 10.5. The van der Waals surface area contributed by atoms with Crippen LogP contribution in [0.15, 0.2) is 30.6 Å². The molecule has 4 N–H and O–H groups in total. The molecule has 0 amide bonds. The van der Waals surface area contributed by atoms with E-state index in [4.69, 9.17) is 11.5 Å². The first-order valence-corrected chi connectivity index (χ1v) is 5.46. The van der Waals surface area contributed by atoms with E-state index in [1.165, 1.54) is 6.33 Å². The van der Waals surface area contributed by atoms with Crippen molar-refractivity contribution in [3.63, 3.8) is 0 Å². The predicted molar refractivity (Wildman–Crippen MR) is 70.6 cm³/mol. The van der Waals surface area contributed by atoms with Crippen LogP contribution < -0.4 is 11.5 Å². The summed E-state index contributed by atoms with van der Waals surface area (Å²) in [5.41, 5.74) is 14.6. The van der Waals surface area contributed by atoms with Gasteiger partial charge in [0.2, 0.25) is 0 Å². The molecular formula is C12H12N6. The molecule has 0 aliphatic heterocycles. The molecular weight excluding hydrogens is 228 g/mol. The van der Waals surface area contributed by atoms with Gasteiger partial charge in [0.25, 0.3) is 0 Å². The molecule has 90 valence electrons. The Labute approximate surface area is 103 Å². The van der Waals surface area contributed by atoms with Crippen molar-refractivity contribution in [2.45, 2.75) is 0 Å². The summed E-state index contributed by atoms with van der Waals surface area (Å²) < 4.78 is 1.86. The Kier molecular flexibility index (Phi) is 2.16. The van der Waals surface area contributed by atoms with Crippen LogP contribution in [-0.4, -0.2) is 19.5 Å². The second kappa shape index (κ2) is 3.69. The number of aromatic nitrogens is 4. The molecule has 0 saturated heterocycles. The largest absolute Gasteiger partial charge is 0.398 e. The van der Waals surface area contributed by atoms with Crippen LogP contribution in [0.4, 0.5) is 11.5 Å². The van der Waals surface area contributed by atoms with Gasteiger partial charge in [-0.3, -0.25) is 0 Å². The summed E-state index contributed by atoms with van der Waals surface area (Å²) in [7, 11) is 1.88. The smallest absolute Gasteiger partial charge is 0.165 e. The number of nitrogens with zero attached hydrogens (tertiary/aromatic N) is 4. The molecule has 0 atom stereocenters. The number of hydrogen-bond donors (Lipinski definition) is 2. The van der Waals surface area contributed by atoms with E-state index >= 15 is 0 Å². The van der Waals surface area contributed by atoms with Crippen LogP contribution >= 0.6 is 0 Å². The second-order valence-electron chi connectivity index (χ2n) is 4.01. The predicted octanol–water partition coefficient (Wildman–Crippen LogP) is 1.19. The lowest BCUT2D eigenvalue weighted by molar-refractivity contribution is 0.939. The van der Waals surface area contributed by atoms with Crippen molar-refractivity contribution in [1.82, 2.24) is 19.5 Å². The van der Waals surface area contributed by atoms with Gasteiger partial charge in [-0.2, -0.15) is 0 Å². The summed E-state index contributed by atoms with van der Waals surface area (Å²) in [6.07, 6.45) is 1.43. The fraction of sp³-hybridized carbons (Fsp3) is 0.0833. The van der Waals surface area contributed by atoms with Gasteiger partial charge in [-0.25, -0.2) is 15.0 Å². The lowest BCUT2D eigenvalue weighted by Crippen LogP contribution is -1.97. The van der Waals surface area contributed by atoms with Crippen molar-refractivity contribution in [2.75, 3.05) is 11.5 Å². The lowest BCUT2D eigenvalue weighted by atomic mass is 10.2. The molecule has 1 aromatic carbocycles. The first-order valence-electron chi connectivity index (χ1n) is 5.46. The summed E-state index contributed by atoms with van der Waals surface area (Å²) in [6.45, 7) is 0. The summed E-state index contributed by atoms with van der Waals surface area (Å²) >= 11 is 0. The zero-order chi connectivity index (χ0) is 12.7. The third kappa shape index (κ3) is 1.39. The van der Waals surface area contributed by atoms with Crippen LogP contribution in [-0.2, 0) is 7.05 Å². The van der Waals surface area contributed by atoms with Crippen LogP contribution in [0.2, 0.25) is 0 Å². The number of anilines is 2. The average molecular weight is 240 g/mol. The summed E-state index contributed by atoms with van der Waals surface area (Å²) in [6, 6.07) is 7.56. The lowest BCUT2D eigenvalue weighted by Gasteiger charge is -2.04. The molecule has 2 aromatic heterocycles. The number of imidazole rings is 1. The highest BCUT2D eigenvalue weighted by Crippen LogP contribution is 2.28. The van der Waals surface area contributed by atoms with Crippen molar-refractivity contribution in [3.05, 3.63) is 30.6 Å². The Morgan fingerprint density at radius 3 is 2.61 bits per heavy atom. The van der Waals surface area contributed by atoms with Crippen molar-refractivity contribution in [3.8, 4) is 11.4 Å². The second-order valence-corrected chi connectivity index (χ2v) is 4.01. The molecule has 3 aromatic rings. The van der Waals surface area contributed by atoms with E-state index in [0.29, 0.717) is 22.7 Å². The van der Waals surface area contributed by atoms with E-state index in [-0.39, 0.29) is 0 Å². The van der Waals surface area contributed by atoms with Crippen LogP contribution in [0.25, 0.3) is 22.6 Å². The Balaban J connectivity index is 2.35. The van der Waals surface area contributed by atoms with Crippen LogP contribution in [0.3, 0.4) is 0 Å². The molecule has 0 saturated carbocycles. The van der Waals surface area contributed by atoms with Gasteiger partial charge in [-0.05, 0) is 12.1 Å². The number of nitrogen functional groups attached to an aromatic ring is 2. The molecule has 0 unspecified atom stereocenters. The van der Waals surface area contributed by atoms with Gasteiger partial charge in [0.15, 0.2) is 17.0 Å². The molecule has 0 spiro atoms. The van der Waals surface area contributed by atoms with Gasteiger partial charge in [-0.15, -0.1) is 0 Å². The highest BCUT2D eigenvalue weighted by molar-refractivity contribution is 5.86. The molecule has 2 heterocycles. The molecule has 0 radical (unpaired) electrons. The Hall–Kier alpha value is -2.63. The zero-order valence-electron chi connectivity index (χ0n) is 9.83. The number of fused-ring (bicyclic) bond motifs is 1. The minimum Gasteiger partial charge on any atom is -0.398 e. The molecule has 0 aliphatic rings. The van der Waals surface area contributed by atoms with Crippen LogP contribution in [0.1, 0.15) is 0 Å². The Bertz CT molecular complexity index is 731. The third-order valence-corrected chi connectivity index (χ3v) is 2.89. The number of hydrogen-bond acceptors (Lipinski definition) is 5. The quantitative estimate of drug-likeness (QED) is 0.623. The average Bonchev–Trinajstić information content (AvgIpc) is 2.70. The van der Waals surface area contributed by atoms with Gasteiger partial charge in [-0.1, -0.05) is 12.1 Å². The van der Waals surface area contributed by atoms with Gasteiger partial charge < -0.3 is 16.0 Å². The summed E-state index contributed by atoms with van der Waals surface area (Å²) in [4.78, 5) is 12.6. The van der Waals surface area contributed by atoms with Crippen molar-refractivity contribution in [2.24, 2.45) is 7.05 Å². The Morgan fingerprint density at radius 2 is 1.89 bits per heavy atom. The minimum absolute atomic E-state index is 0.372. The highest BCUT2D eigenvalue weighted by atomic mass is 15.1. The number of benzene rings is 1. The van der Waals surface area contributed by atoms with Gasteiger partial charge in [0.05, 0.1) is 0 Å². The zero-order valence-corrected chi connectivity index (χ0v) is 9.83. The van der Waals surface area contributed by atoms with Crippen molar-refractivity contribution >= 4 is 22.7 Å². The first-order chi connectivity index (χ1) is 8.68. The third-order valence-electron chi connectivity index (χ3n) is 2.89. The number of para-hydroxylation sites is 1. The molecule has 0 fully saturated rings. The van der Waals surface area contributed by atoms with E-state index < -0.39 is 0 Å². The fourth-order valence-electron chi connectivity index (χ4n) is 1.96. The monoisotopic (exact) mass is 240 g/mol. The van der Waals surface area contributed by atoms with Gasteiger partial charge in [0, 0.05) is 18.3 Å². The molecule has 6 heteroatoms. The van der Waals surface area contributed by atoms with E-state index in [9.17, 15) is 0 Å². The molecule has 0 aliphatic carbocycles. The van der Waals surface area contributed by atoms with Crippen LogP contribution in [0.5, 0.6) is 0 Å². The van der Waals surface area contributed by atoms with Gasteiger partial charge >= 0.3 is 0 Å². The number of aryl methyl sites for hydroxylation is 1. The fourth-order valence-corrected chi connectivity index (χ4v) is 1.96. The van der Waals surface area contributed by atoms with E-state index in [2.05, 4.69) is 15.0 Å². The maximum atomic E-state index is 5.96. The van der Waals surface area contributed by atoms with Gasteiger partial charge in [0.1, 0.15) is 12.2 Å². The van der Waals surface area contributed by atoms with Crippen LogP contribution in [0, 0.1) is 0 Å². The molecule has 6 nitrogen and oxygen atoms in total. The maximum Gasteiger partial charge on any atom is 0.165 e. The molecule has 0 bridgehead atoms. The topological polar surface area (TPSA) is 95.6 Å². The molecule has 18 heavy (non-hydrogen) atoms. The SMILES string of the molecule is Cn1c(-c2ccccc2N)nc2c(N)ncnc21. The number of rotatable bonds is 1.